The van der Waals surface area contributed by atoms with Crippen LogP contribution in [0.1, 0.15) is 34.1 Å². The van der Waals surface area contributed by atoms with Crippen LogP contribution in [0.4, 0.5) is 4.79 Å². The minimum atomic E-state index is -1.75. The van der Waals surface area contributed by atoms with Crippen molar-refractivity contribution >= 4 is 17.8 Å². The molecular weight excluding hydrogens is 242 g/mol. The molecule has 0 saturated carbocycles. The zero-order valence-electron chi connectivity index (χ0n) is 10.9. The van der Waals surface area contributed by atoms with Crippen molar-refractivity contribution in [1.82, 2.24) is 5.48 Å². The van der Waals surface area contributed by atoms with Gasteiger partial charge in [-0.1, -0.05) is 0 Å². The van der Waals surface area contributed by atoms with Gasteiger partial charge >= 0.3 is 12.1 Å². The number of ether oxygens (including phenoxy) is 2. The molecule has 1 heterocycles. The Balaban J connectivity index is 2.62. The van der Waals surface area contributed by atoms with Crippen LogP contribution in [-0.2, 0) is 23.9 Å². The zero-order chi connectivity index (χ0) is 14.0. The number of cyclic esters (lactones) is 1. The van der Waals surface area contributed by atoms with Gasteiger partial charge in [-0.05, 0) is 27.7 Å². The van der Waals surface area contributed by atoms with E-state index in [0.717, 1.165) is 0 Å². The number of rotatable bonds is 3. The monoisotopic (exact) mass is 259 g/mol. The second-order valence-corrected chi connectivity index (χ2v) is 4.98. The van der Waals surface area contributed by atoms with Gasteiger partial charge < -0.3 is 9.47 Å². The number of Topliss-reactive ketones (excluding diaryl/α,β-unsaturated/α-hetero) is 1. The van der Waals surface area contributed by atoms with E-state index in [0.29, 0.717) is 0 Å². The number of hydroxylamine groups is 1. The number of carbonyl (C=O) groups is 3. The molecule has 0 aliphatic carbocycles. The summed E-state index contributed by atoms with van der Waals surface area (Å²) in [7, 11) is 0. The predicted molar refractivity (Wildman–Crippen MR) is 59.4 cm³/mol. The molecule has 1 amide bonds. The Hall–Kier alpha value is -1.63. The Morgan fingerprint density at radius 1 is 1.39 bits per heavy atom. The molecule has 0 aromatic rings. The summed E-state index contributed by atoms with van der Waals surface area (Å²) in [6.07, 6.45) is -0.806. The number of amides is 1. The molecule has 7 nitrogen and oxygen atoms in total. The molecule has 1 aliphatic rings. The standard InChI is InChI=1S/C11H17NO6/c1-7(13)11(5-6-16-8(11)14)18-12-9(15)17-10(2,3)4/h5-6H2,1-4H3,(H,12,15). The van der Waals surface area contributed by atoms with Crippen molar-refractivity contribution in [2.24, 2.45) is 0 Å². The normalized spacial score (nSPS) is 23.4. The summed E-state index contributed by atoms with van der Waals surface area (Å²) in [4.78, 5) is 39.2. The SMILES string of the molecule is CC(=O)C1(ONC(=O)OC(C)(C)C)CCOC1=O. The van der Waals surface area contributed by atoms with Crippen molar-refractivity contribution in [3.63, 3.8) is 0 Å². The highest BCUT2D eigenvalue weighted by molar-refractivity contribution is 6.07. The summed E-state index contributed by atoms with van der Waals surface area (Å²) in [5, 5.41) is 0. The van der Waals surface area contributed by atoms with E-state index in [1.165, 1.54) is 6.92 Å². The Kier molecular flexibility index (Phi) is 3.95. The largest absolute Gasteiger partial charge is 0.463 e. The molecule has 0 aromatic carbocycles. The van der Waals surface area contributed by atoms with Gasteiger partial charge in [-0.3, -0.25) is 4.79 Å². The molecule has 1 N–H and O–H groups in total. The van der Waals surface area contributed by atoms with Crippen LogP contribution in [0.15, 0.2) is 0 Å². The van der Waals surface area contributed by atoms with Crippen molar-refractivity contribution in [2.75, 3.05) is 6.61 Å². The molecule has 18 heavy (non-hydrogen) atoms. The summed E-state index contributed by atoms with van der Waals surface area (Å²) in [5.41, 5.74) is -0.504. The van der Waals surface area contributed by atoms with Crippen LogP contribution in [0.3, 0.4) is 0 Å². The van der Waals surface area contributed by atoms with Crippen LogP contribution < -0.4 is 5.48 Å². The van der Waals surface area contributed by atoms with E-state index < -0.39 is 29.0 Å². The maximum Gasteiger partial charge on any atom is 0.431 e. The van der Waals surface area contributed by atoms with E-state index in [1.54, 1.807) is 20.8 Å². The Morgan fingerprint density at radius 3 is 2.39 bits per heavy atom. The molecule has 102 valence electrons. The second-order valence-electron chi connectivity index (χ2n) is 4.98. The van der Waals surface area contributed by atoms with Crippen LogP contribution in [0.25, 0.3) is 0 Å². The number of nitrogens with one attached hydrogen (secondary N) is 1. The number of hydrogen-bond acceptors (Lipinski definition) is 6. The minimum Gasteiger partial charge on any atom is -0.463 e. The highest BCUT2D eigenvalue weighted by Crippen LogP contribution is 2.25. The van der Waals surface area contributed by atoms with Gasteiger partial charge in [0.2, 0.25) is 0 Å². The van der Waals surface area contributed by atoms with Crippen LogP contribution in [0.2, 0.25) is 0 Å². The second kappa shape index (κ2) is 4.93. The van der Waals surface area contributed by atoms with E-state index in [9.17, 15) is 14.4 Å². The van der Waals surface area contributed by atoms with E-state index in [-0.39, 0.29) is 13.0 Å². The third kappa shape index (κ3) is 3.19. The third-order valence-corrected chi connectivity index (χ3v) is 2.29. The van der Waals surface area contributed by atoms with Gasteiger partial charge in [0.1, 0.15) is 5.60 Å². The van der Waals surface area contributed by atoms with E-state index >= 15 is 0 Å². The lowest BCUT2D eigenvalue weighted by Crippen LogP contribution is -2.50. The smallest absolute Gasteiger partial charge is 0.431 e. The predicted octanol–water partition coefficient (Wildman–Crippen LogP) is 0.717. The average molecular weight is 259 g/mol. The lowest BCUT2D eigenvalue weighted by Gasteiger charge is -2.24. The lowest BCUT2D eigenvalue weighted by molar-refractivity contribution is -0.172. The third-order valence-electron chi connectivity index (χ3n) is 2.29. The van der Waals surface area contributed by atoms with Gasteiger partial charge in [0.05, 0.1) is 6.61 Å². The molecule has 0 radical (unpaired) electrons. The average Bonchev–Trinajstić information content (AvgIpc) is 2.55. The van der Waals surface area contributed by atoms with Crippen molar-refractivity contribution in [2.45, 2.75) is 45.3 Å². The van der Waals surface area contributed by atoms with Gasteiger partial charge in [0.15, 0.2) is 5.78 Å². The van der Waals surface area contributed by atoms with Crippen LogP contribution >= 0.6 is 0 Å². The molecule has 1 unspecified atom stereocenters. The minimum absolute atomic E-state index is 0.0664. The number of esters is 1. The topological polar surface area (TPSA) is 90.9 Å². The maximum absolute atomic E-state index is 11.5. The van der Waals surface area contributed by atoms with Crippen molar-refractivity contribution in [3.8, 4) is 0 Å². The van der Waals surface area contributed by atoms with Crippen molar-refractivity contribution in [3.05, 3.63) is 0 Å². The molecule has 0 bridgehead atoms. The Morgan fingerprint density at radius 2 is 2.00 bits per heavy atom. The molecule has 1 fully saturated rings. The molecule has 0 aromatic heterocycles. The maximum atomic E-state index is 11.5. The van der Waals surface area contributed by atoms with Gasteiger partial charge in [-0.25, -0.2) is 14.4 Å². The fourth-order valence-electron chi connectivity index (χ4n) is 1.42. The van der Waals surface area contributed by atoms with Gasteiger partial charge in [0.25, 0.3) is 5.60 Å². The molecule has 1 aliphatic heterocycles. The van der Waals surface area contributed by atoms with Crippen LogP contribution in [-0.4, -0.2) is 35.7 Å². The first-order valence-electron chi connectivity index (χ1n) is 5.53. The highest BCUT2D eigenvalue weighted by Gasteiger charge is 2.52. The van der Waals surface area contributed by atoms with Crippen molar-refractivity contribution < 1.29 is 28.7 Å². The molecule has 1 saturated heterocycles. The molecule has 1 rings (SSSR count). The van der Waals surface area contributed by atoms with Gasteiger partial charge in [0, 0.05) is 6.42 Å². The first kappa shape index (κ1) is 14.4. The van der Waals surface area contributed by atoms with E-state index in [1.807, 2.05) is 5.48 Å². The summed E-state index contributed by atoms with van der Waals surface area (Å²) in [6, 6.07) is 0. The van der Waals surface area contributed by atoms with Crippen LogP contribution in [0.5, 0.6) is 0 Å². The molecule has 0 spiro atoms. The first-order valence-corrected chi connectivity index (χ1v) is 5.53. The summed E-state index contributed by atoms with van der Waals surface area (Å²) in [6.45, 7) is 6.31. The molecule has 7 heteroatoms. The Labute approximate surface area is 105 Å². The summed E-state index contributed by atoms with van der Waals surface area (Å²) >= 11 is 0. The first-order chi connectivity index (χ1) is 8.17. The van der Waals surface area contributed by atoms with Crippen molar-refractivity contribution in [1.29, 1.82) is 0 Å². The zero-order valence-corrected chi connectivity index (χ0v) is 10.9. The van der Waals surface area contributed by atoms with Crippen LogP contribution in [0, 0.1) is 0 Å². The highest BCUT2D eigenvalue weighted by atomic mass is 16.7. The molecule has 1 atom stereocenters. The Bertz CT molecular complexity index is 372. The number of ketones is 1. The van der Waals surface area contributed by atoms with Gasteiger partial charge in [-0.15, -0.1) is 0 Å². The fraction of sp³-hybridized carbons (Fsp3) is 0.727. The van der Waals surface area contributed by atoms with E-state index in [4.69, 9.17) is 9.57 Å². The lowest BCUT2D eigenvalue weighted by atomic mass is 9.98. The number of hydrogen-bond donors (Lipinski definition) is 1. The molecular formula is C11H17NO6. The summed E-state index contributed by atoms with van der Waals surface area (Å²) in [5.74, 6) is -1.33. The summed E-state index contributed by atoms with van der Waals surface area (Å²) < 4.78 is 9.61. The number of carbonyl (C=O) groups excluding carboxylic acids is 3. The quantitative estimate of drug-likeness (QED) is 0.456. The fourth-order valence-corrected chi connectivity index (χ4v) is 1.42. The van der Waals surface area contributed by atoms with Gasteiger partial charge in [-0.2, -0.15) is 5.48 Å². The van der Waals surface area contributed by atoms with E-state index in [2.05, 4.69) is 4.74 Å².